The van der Waals surface area contributed by atoms with E-state index in [9.17, 15) is 0 Å². The number of hydrogen-bond donors (Lipinski definition) is 1. The molecule has 6 nitrogen and oxygen atoms in total. The van der Waals surface area contributed by atoms with E-state index in [0.29, 0.717) is 12.6 Å². The lowest BCUT2D eigenvalue weighted by Crippen LogP contribution is -2.38. The molecule has 1 saturated carbocycles. The predicted molar refractivity (Wildman–Crippen MR) is 113 cm³/mol. The zero-order chi connectivity index (χ0) is 19.9. The van der Waals surface area contributed by atoms with Gasteiger partial charge < -0.3 is 24.3 Å². The van der Waals surface area contributed by atoms with Crippen LogP contribution in [0.15, 0.2) is 41.5 Å². The number of ether oxygens (including phenoxy) is 2. The fraction of sp³-hybridized carbons (Fsp3) is 0.500. The lowest BCUT2D eigenvalue weighted by atomic mass is 10.2. The molecule has 1 aromatic carbocycles. The Morgan fingerprint density at radius 2 is 2.04 bits per heavy atom. The van der Waals surface area contributed by atoms with Crippen LogP contribution in [-0.2, 0) is 20.1 Å². The van der Waals surface area contributed by atoms with Crippen molar-refractivity contribution in [2.24, 2.45) is 12.0 Å². The van der Waals surface area contributed by atoms with Crippen molar-refractivity contribution in [2.75, 3.05) is 21.2 Å². The fourth-order valence-corrected chi connectivity index (χ4v) is 3.65. The number of methoxy groups -OCH3 is 1. The van der Waals surface area contributed by atoms with Gasteiger partial charge in [-0.2, -0.15) is 0 Å². The summed E-state index contributed by atoms with van der Waals surface area (Å²) in [6.07, 6.45) is 7.16. The topological polar surface area (TPSA) is 51.0 Å². The number of aromatic nitrogens is 1. The molecule has 0 spiro atoms. The van der Waals surface area contributed by atoms with Gasteiger partial charge in [-0.3, -0.25) is 4.99 Å². The van der Waals surface area contributed by atoms with Crippen LogP contribution in [0.1, 0.15) is 36.9 Å². The van der Waals surface area contributed by atoms with Crippen LogP contribution in [0.25, 0.3) is 0 Å². The lowest BCUT2D eigenvalue weighted by Gasteiger charge is -2.23. The lowest BCUT2D eigenvalue weighted by molar-refractivity contribution is 0.200. The highest BCUT2D eigenvalue weighted by molar-refractivity contribution is 5.79. The summed E-state index contributed by atoms with van der Waals surface area (Å²) in [5.74, 6) is 2.48. The molecule has 0 aliphatic heterocycles. The van der Waals surface area contributed by atoms with E-state index in [1.54, 1.807) is 7.11 Å². The predicted octanol–water partition coefficient (Wildman–Crippen LogP) is 3.56. The van der Waals surface area contributed by atoms with Gasteiger partial charge in [0, 0.05) is 39.6 Å². The van der Waals surface area contributed by atoms with E-state index < -0.39 is 0 Å². The monoisotopic (exact) mass is 384 g/mol. The molecule has 0 saturated heterocycles. The number of guanidine groups is 1. The van der Waals surface area contributed by atoms with Crippen molar-refractivity contribution >= 4 is 5.96 Å². The van der Waals surface area contributed by atoms with Crippen LogP contribution >= 0.6 is 0 Å². The van der Waals surface area contributed by atoms with E-state index in [-0.39, 0.29) is 0 Å². The summed E-state index contributed by atoms with van der Waals surface area (Å²) in [5.41, 5.74) is 2.37. The highest BCUT2D eigenvalue weighted by Gasteiger charge is 2.18. The number of hydrogen-bond acceptors (Lipinski definition) is 3. The molecular weight excluding hydrogens is 352 g/mol. The first kappa shape index (κ1) is 20.1. The van der Waals surface area contributed by atoms with Crippen LogP contribution in [0.2, 0.25) is 0 Å². The first-order valence-electron chi connectivity index (χ1n) is 9.96. The number of nitrogens with zero attached hydrogens (tertiary/aromatic N) is 3. The Balaban J connectivity index is 1.59. The van der Waals surface area contributed by atoms with Crippen molar-refractivity contribution in [3.8, 4) is 11.5 Å². The average Bonchev–Trinajstić information content (AvgIpc) is 3.35. The van der Waals surface area contributed by atoms with Crippen LogP contribution in [0, 0.1) is 0 Å². The summed E-state index contributed by atoms with van der Waals surface area (Å²) in [6.45, 7) is 1.46. The Hall–Kier alpha value is -2.63. The molecule has 0 atom stereocenters. The van der Waals surface area contributed by atoms with Crippen molar-refractivity contribution in [3.05, 3.63) is 47.8 Å². The molecule has 2 aromatic rings. The van der Waals surface area contributed by atoms with E-state index in [0.717, 1.165) is 42.4 Å². The van der Waals surface area contributed by atoms with Gasteiger partial charge in [-0.15, -0.1) is 0 Å². The molecule has 28 heavy (non-hydrogen) atoms. The molecule has 1 aliphatic carbocycles. The molecule has 152 valence electrons. The number of aryl methyl sites for hydroxylation is 1. The summed E-state index contributed by atoms with van der Waals surface area (Å²) in [6, 6.07) is 10.3. The zero-order valence-corrected chi connectivity index (χ0v) is 17.4. The second kappa shape index (κ2) is 9.53. The molecule has 0 amide bonds. The van der Waals surface area contributed by atoms with Gasteiger partial charge in [0.05, 0.1) is 19.8 Å². The van der Waals surface area contributed by atoms with Gasteiger partial charge in [-0.05, 0) is 55.5 Å². The van der Waals surface area contributed by atoms with Crippen molar-refractivity contribution in [1.29, 1.82) is 0 Å². The molecule has 1 fully saturated rings. The highest BCUT2D eigenvalue weighted by atomic mass is 16.5. The molecule has 0 radical (unpaired) electrons. The summed E-state index contributed by atoms with van der Waals surface area (Å²) in [5, 5.41) is 3.43. The van der Waals surface area contributed by atoms with Crippen LogP contribution in [0.3, 0.4) is 0 Å². The minimum atomic E-state index is 0.322. The third kappa shape index (κ3) is 5.00. The number of rotatable bonds is 7. The van der Waals surface area contributed by atoms with E-state index in [2.05, 4.69) is 51.2 Å². The van der Waals surface area contributed by atoms with Crippen LogP contribution in [0.4, 0.5) is 0 Å². The third-order valence-corrected chi connectivity index (χ3v) is 5.30. The second-order valence-electron chi connectivity index (χ2n) is 7.38. The standard InChI is InChI=1S/C22H32N4O2/c1-23-22(26(3)16-18-8-7-13-25(18)2)24-15-17-11-12-20(21(14-17)27-4)28-19-9-5-6-10-19/h7-8,11-14,19H,5-6,9-10,15-16H2,1-4H3,(H,23,24). The van der Waals surface area contributed by atoms with Gasteiger partial charge in [0.25, 0.3) is 0 Å². The zero-order valence-electron chi connectivity index (χ0n) is 17.4. The van der Waals surface area contributed by atoms with Crippen molar-refractivity contribution in [1.82, 2.24) is 14.8 Å². The molecule has 0 bridgehead atoms. The summed E-state index contributed by atoms with van der Waals surface area (Å²) in [7, 11) is 7.60. The smallest absolute Gasteiger partial charge is 0.194 e. The molecule has 1 aliphatic rings. The Bertz CT molecular complexity index is 794. The first-order valence-corrected chi connectivity index (χ1v) is 9.96. The normalized spacial score (nSPS) is 14.9. The SMILES string of the molecule is CN=C(NCc1ccc(OC2CCCC2)c(OC)c1)N(C)Cc1cccn1C. The molecular formula is C22H32N4O2. The van der Waals surface area contributed by atoms with Crippen LogP contribution < -0.4 is 14.8 Å². The first-order chi connectivity index (χ1) is 13.6. The van der Waals surface area contributed by atoms with E-state index in [1.165, 1.54) is 18.5 Å². The Morgan fingerprint density at radius 1 is 1.25 bits per heavy atom. The molecule has 3 rings (SSSR count). The third-order valence-electron chi connectivity index (χ3n) is 5.30. The molecule has 1 heterocycles. The fourth-order valence-electron chi connectivity index (χ4n) is 3.65. The van der Waals surface area contributed by atoms with Crippen molar-refractivity contribution in [2.45, 2.75) is 44.9 Å². The summed E-state index contributed by atoms with van der Waals surface area (Å²) < 4.78 is 13.8. The maximum absolute atomic E-state index is 6.13. The number of aliphatic imine (C=N–C) groups is 1. The van der Waals surface area contributed by atoms with Crippen molar-refractivity contribution < 1.29 is 9.47 Å². The minimum Gasteiger partial charge on any atom is -0.493 e. The summed E-state index contributed by atoms with van der Waals surface area (Å²) >= 11 is 0. The van der Waals surface area contributed by atoms with Gasteiger partial charge in [0.15, 0.2) is 17.5 Å². The highest BCUT2D eigenvalue weighted by Crippen LogP contribution is 2.32. The second-order valence-corrected chi connectivity index (χ2v) is 7.38. The summed E-state index contributed by atoms with van der Waals surface area (Å²) in [4.78, 5) is 6.52. The molecule has 1 N–H and O–H groups in total. The van der Waals surface area contributed by atoms with Gasteiger partial charge in [-0.25, -0.2) is 0 Å². The van der Waals surface area contributed by atoms with E-state index in [4.69, 9.17) is 9.47 Å². The van der Waals surface area contributed by atoms with Gasteiger partial charge in [-0.1, -0.05) is 6.07 Å². The molecule has 6 heteroatoms. The van der Waals surface area contributed by atoms with E-state index >= 15 is 0 Å². The maximum atomic E-state index is 6.13. The molecule has 1 aromatic heterocycles. The quantitative estimate of drug-likeness (QED) is 0.586. The largest absolute Gasteiger partial charge is 0.493 e. The van der Waals surface area contributed by atoms with Crippen LogP contribution in [0.5, 0.6) is 11.5 Å². The maximum Gasteiger partial charge on any atom is 0.194 e. The minimum absolute atomic E-state index is 0.322. The molecule has 0 unspecified atom stereocenters. The van der Waals surface area contributed by atoms with Gasteiger partial charge in [0.1, 0.15) is 0 Å². The van der Waals surface area contributed by atoms with Gasteiger partial charge >= 0.3 is 0 Å². The Morgan fingerprint density at radius 3 is 2.68 bits per heavy atom. The van der Waals surface area contributed by atoms with E-state index in [1.807, 2.05) is 26.2 Å². The number of benzene rings is 1. The van der Waals surface area contributed by atoms with Crippen LogP contribution in [-0.4, -0.2) is 42.7 Å². The van der Waals surface area contributed by atoms with Crippen molar-refractivity contribution in [3.63, 3.8) is 0 Å². The Labute approximate surface area is 168 Å². The van der Waals surface area contributed by atoms with Gasteiger partial charge in [0.2, 0.25) is 0 Å². The average molecular weight is 385 g/mol. The Kier molecular flexibility index (Phi) is 6.85. The number of nitrogens with one attached hydrogen (secondary N) is 1.